The van der Waals surface area contributed by atoms with Crippen LogP contribution in [0.15, 0.2) is 67.0 Å². The highest BCUT2D eigenvalue weighted by Gasteiger charge is 2.14. The molecule has 2 aromatic carbocycles. The van der Waals surface area contributed by atoms with Crippen LogP contribution in [0.25, 0.3) is 23.0 Å². The fourth-order valence-electron chi connectivity index (χ4n) is 3.33. The maximum absolute atomic E-state index is 12.4. The number of rotatable bonds is 8. The molecule has 8 nitrogen and oxygen atoms in total. The molecule has 0 radical (unpaired) electrons. The van der Waals surface area contributed by atoms with Crippen molar-refractivity contribution in [2.45, 2.75) is 6.61 Å². The lowest BCUT2D eigenvalue weighted by molar-refractivity contribution is -0.139. The zero-order valence-corrected chi connectivity index (χ0v) is 19.7. The van der Waals surface area contributed by atoms with Gasteiger partial charge in [-0.3, -0.25) is 0 Å². The van der Waals surface area contributed by atoms with Gasteiger partial charge in [0.1, 0.15) is 23.3 Å². The summed E-state index contributed by atoms with van der Waals surface area (Å²) in [5.41, 5.74) is 3.10. The Morgan fingerprint density at radius 2 is 1.85 bits per heavy atom. The first-order valence-corrected chi connectivity index (χ1v) is 10.8. The molecule has 0 unspecified atom stereocenters. The predicted octanol–water partition coefficient (Wildman–Crippen LogP) is 4.70. The molecule has 0 aliphatic carbocycles. The second-order valence-corrected chi connectivity index (χ2v) is 7.67. The molecule has 0 saturated heterocycles. The van der Waals surface area contributed by atoms with Crippen LogP contribution in [-0.4, -0.2) is 39.5 Å². The lowest BCUT2D eigenvalue weighted by Crippen LogP contribution is -2.05. The van der Waals surface area contributed by atoms with Crippen LogP contribution in [0.5, 0.6) is 11.5 Å². The summed E-state index contributed by atoms with van der Waals surface area (Å²) in [7, 11) is 4.91. The smallest absolute Gasteiger partial charge is 0.331 e. The van der Waals surface area contributed by atoms with Crippen LogP contribution in [0, 0.1) is 0 Å². The van der Waals surface area contributed by atoms with E-state index in [0.29, 0.717) is 28.2 Å². The number of nitrogens with zero attached hydrogens (tertiary/aromatic N) is 4. The van der Waals surface area contributed by atoms with Gasteiger partial charge in [0.15, 0.2) is 11.5 Å². The largest absolute Gasteiger partial charge is 0.493 e. The Kier molecular flexibility index (Phi) is 6.98. The summed E-state index contributed by atoms with van der Waals surface area (Å²) >= 11 is 5.97. The molecular weight excluding hydrogens is 456 g/mol. The van der Waals surface area contributed by atoms with Crippen LogP contribution < -0.4 is 9.47 Å². The molecule has 0 fully saturated rings. The first kappa shape index (κ1) is 23.1. The van der Waals surface area contributed by atoms with Crippen molar-refractivity contribution >= 4 is 23.6 Å². The fraction of sp³-hybridized carbons (Fsp3) is 0.160. The first-order chi connectivity index (χ1) is 16.5. The summed E-state index contributed by atoms with van der Waals surface area (Å²) in [4.78, 5) is 16.5. The standard InChI is InChI=1S/C25H23ClN4O4/c1-29-22(26)14-27-23(29)16-34-24(31)12-10-18-15-30(19-7-5-4-6-8-19)28-25(18)17-9-11-20(32-2)21(13-17)33-3/h4-15H,16H2,1-3H3. The summed E-state index contributed by atoms with van der Waals surface area (Å²) < 4.78 is 19.5. The van der Waals surface area contributed by atoms with Crippen LogP contribution in [-0.2, 0) is 23.2 Å². The number of aromatic nitrogens is 4. The number of carbonyl (C=O) groups excluding carboxylic acids is 1. The van der Waals surface area contributed by atoms with Gasteiger partial charge >= 0.3 is 5.97 Å². The summed E-state index contributed by atoms with van der Waals surface area (Å²) in [6.45, 7) is 0.0121. The van der Waals surface area contributed by atoms with Crippen LogP contribution in [0.1, 0.15) is 11.4 Å². The van der Waals surface area contributed by atoms with E-state index in [0.717, 1.165) is 16.8 Å². The summed E-state index contributed by atoms with van der Waals surface area (Å²) in [5.74, 6) is 1.24. The highest BCUT2D eigenvalue weighted by atomic mass is 35.5. The van der Waals surface area contributed by atoms with Gasteiger partial charge in [0.25, 0.3) is 0 Å². The Morgan fingerprint density at radius 3 is 2.53 bits per heavy atom. The maximum atomic E-state index is 12.4. The molecule has 2 heterocycles. The van der Waals surface area contributed by atoms with Crippen molar-refractivity contribution in [2.24, 2.45) is 7.05 Å². The molecule has 4 aromatic rings. The normalized spacial score (nSPS) is 11.1. The molecule has 0 amide bonds. The molecule has 0 aliphatic rings. The number of carbonyl (C=O) groups is 1. The Morgan fingerprint density at radius 1 is 1.09 bits per heavy atom. The molecular formula is C25H23ClN4O4. The van der Waals surface area contributed by atoms with Crippen molar-refractivity contribution in [1.29, 1.82) is 0 Å². The summed E-state index contributed by atoms with van der Waals surface area (Å²) in [6.07, 6.45) is 6.39. The third-order valence-corrected chi connectivity index (χ3v) is 5.54. The van der Waals surface area contributed by atoms with Crippen LogP contribution in [0.2, 0.25) is 5.15 Å². The fourth-order valence-corrected chi connectivity index (χ4v) is 3.48. The van der Waals surface area contributed by atoms with Gasteiger partial charge in [-0.15, -0.1) is 0 Å². The first-order valence-electron chi connectivity index (χ1n) is 10.4. The van der Waals surface area contributed by atoms with Crippen molar-refractivity contribution in [2.75, 3.05) is 14.2 Å². The second kappa shape index (κ2) is 10.3. The minimum Gasteiger partial charge on any atom is -0.493 e. The van der Waals surface area contributed by atoms with Crippen molar-refractivity contribution in [3.63, 3.8) is 0 Å². The highest BCUT2D eigenvalue weighted by Crippen LogP contribution is 2.33. The zero-order valence-electron chi connectivity index (χ0n) is 18.9. The Bertz CT molecular complexity index is 1330. The number of halogens is 1. The van der Waals surface area contributed by atoms with Gasteiger partial charge in [0, 0.05) is 30.4 Å². The lowest BCUT2D eigenvalue weighted by Gasteiger charge is -2.09. The van der Waals surface area contributed by atoms with Crippen LogP contribution >= 0.6 is 11.6 Å². The number of hydrogen-bond donors (Lipinski definition) is 0. The van der Waals surface area contributed by atoms with E-state index in [9.17, 15) is 4.79 Å². The molecule has 9 heteroatoms. The minimum atomic E-state index is -0.509. The molecule has 4 rings (SSSR count). The number of methoxy groups -OCH3 is 2. The van der Waals surface area contributed by atoms with E-state index in [1.54, 1.807) is 36.6 Å². The third-order valence-electron chi connectivity index (χ3n) is 5.19. The SMILES string of the molecule is COc1ccc(-c2nn(-c3ccccc3)cc2C=CC(=O)OCc2ncc(Cl)n2C)cc1OC. The maximum Gasteiger partial charge on any atom is 0.331 e. The molecule has 0 aliphatic heterocycles. The molecule has 0 spiro atoms. The van der Waals surface area contributed by atoms with Crippen molar-refractivity contribution in [3.8, 4) is 28.4 Å². The Hall–Kier alpha value is -4.04. The predicted molar refractivity (Wildman–Crippen MR) is 129 cm³/mol. The van der Waals surface area contributed by atoms with Gasteiger partial charge in [-0.2, -0.15) is 5.10 Å². The van der Waals surface area contributed by atoms with E-state index in [4.69, 9.17) is 30.9 Å². The zero-order chi connectivity index (χ0) is 24.1. The topological polar surface area (TPSA) is 80.4 Å². The van der Waals surface area contributed by atoms with Gasteiger partial charge in [0.05, 0.1) is 26.1 Å². The molecule has 0 N–H and O–H groups in total. The number of esters is 1. The number of benzene rings is 2. The molecule has 2 aromatic heterocycles. The molecule has 34 heavy (non-hydrogen) atoms. The number of ether oxygens (including phenoxy) is 3. The monoisotopic (exact) mass is 478 g/mol. The van der Waals surface area contributed by atoms with Gasteiger partial charge in [0.2, 0.25) is 0 Å². The minimum absolute atomic E-state index is 0.0121. The van der Waals surface area contributed by atoms with Crippen molar-refractivity contribution < 1.29 is 19.0 Å². The van der Waals surface area contributed by atoms with Gasteiger partial charge in [-0.1, -0.05) is 29.8 Å². The average molecular weight is 479 g/mol. The summed E-state index contributed by atoms with van der Waals surface area (Å²) in [6, 6.07) is 15.3. The molecule has 174 valence electrons. The van der Waals surface area contributed by atoms with E-state index in [1.165, 1.54) is 12.3 Å². The van der Waals surface area contributed by atoms with E-state index < -0.39 is 5.97 Å². The van der Waals surface area contributed by atoms with Crippen LogP contribution in [0.3, 0.4) is 0 Å². The molecule has 0 atom stereocenters. The second-order valence-electron chi connectivity index (χ2n) is 7.28. The number of imidazole rings is 1. The van der Waals surface area contributed by atoms with E-state index >= 15 is 0 Å². The summed E-state index contributed by atoms with van der Waals surface area (Å²) in [5, 5.41) is 5.22. The number of hydrogen-bond acceptors (Lipinski definition) is 6. The lowest BCUT2D eigenvalue weighted by atomic mass is 10.1. The van der Waals surface area contributed by atoms with Gasteiger partial charge in [-0.05, 0) is 36.4 Å². The average Bonchev–Trinajstić information content (AvgIpc) is 3.44. The highest BCUT2D eigenvalue weighted by molar-refractivity contribution is 6.29. The molecule has 0 bridgehead atoms. The Balaban J connectivity index is 1.63. The van der Waals surface area contributed by atoms with Crippen LogP contribution in [0.4, 0.5) is 0 Å². The number of para-hydroxylation sites is 1. The molecule has 0 saturated carbocycles. The van der Waals surface area contributed by atoms with Crippen molar-refractivity contribution in [1.82, 2.24) is 19.3 Å². The Labute approximate surface area is 202 Å². The van der Waals surface area contributed by atoms with Gasteiger partial charge < -0.3 is 18.8 Å². The van der Waals surface area contributed by atoms with E-state index in [1.807, 2.05) is 54.7 Å². The quantitative estimate of drug-likeness (QED) is 0.270. The van der Waals surface area contributed by atoms with Crippen molar-refractivity contribution in [3.05, 3.63) is 83.5 Å². The third kappa shape index (κ3) is 4.97. The van der Waals surface area contributed by atoms with Gasteiger partial charge in [-0.25, -0.2) is 14.5 Å². The van der Waals surface area contributed by atoms with E-state index in [2.05, 4.69) is 4.98 Å². The van der Waals surface area contributed by atoms with E-state index in [-0.39, 0.29) is 6.61 Å².